The SMILES string of the molecule is COCCOCCCNC(=O)c1ccc(B2OC(C)(C)C(C)(C)O2)cc1. The minimum Gasteiger partial charge on any atom is -0.399 e. The van der Waals surface area contributed by atoms with Crippen molar-refractivity contribution < 1.29 is 23.6 Å². The van der Waals surface area contributed by atoms with E-state index < -0.39 is 7.12 Å². The zero-order valence-corrected chi connectivity index (χ0v) is 16.5. The lowest BCUT2D eigenvalue weighted by atomic mass is 9.79. The number of rotatable bonds is 9. The predicted molar refractivity (Wildman–Crippen MR) is 102 cm³/mol. The van der Waals surface area contributed by atoms with Crippen LogP contribution in [0.25, 0.3) is 0 Å². The summed E-state index contributed by atoms with van der Waals surface area (Å²) in [6.45, 7) is 10.4. The van der Waals surface area contributed by atoms with Crippen LogP contribution in [-0.4, -0.2) is 57.7 Å². The molecule has 0 aliphatic carbocycles. The number of nitrogens with one attached hydrogen (secondary N) is 1. The van der Waals surface area contributed by atoms with Gasteiger partial charge in [-0.3, -0.25) is 4.79 Å². The molecule has 2 rings (SSSR count). The molecule has 1 aromatic carbocycles. The van der Waals surface area contributed by atoms with Gasteiger partial charge in [0.05, 0.1) is 24.4 Å². The van der Waals surface area contributed by atoms with E-state index in [1.807, 2.05) is 39.8 Å². The number of carbonyl (C=O) groups excluding carboxylic acids is 1. The zero-order chi connectivity index (χ0) is 19.2. The maximum atomic E-state index is 12.2. The molecule has 1 aliphatic heterocycles. The number of hydrogen-bond acceptors (Lipinski definition) is 5. The van der Waals surface area contributed by atoms with Crippen molar-refractivity contribution in [1.29, 1.82) is 0 Å². The highest BCUT2D eigenvalue weighted by atomic mass is 16.7. The molecule has 0 unspecified atom stereocenters. The average molecular weight is 363 g/mol. The fraction of sp³-hybridized carbons (Fsp3) is 0.632. The van der Waals surface area contributed by atoms with Gasteiger partial charge in [0, 0.05) is 25.8 Å². The van der Waals surface area contributed by atoms with E-state index >= 15 is 0 Å². The molecular weight excluding hydrogens is 333 g/mol. The summed E-state index contributed by atoms with van der Waals surface area (Å²) in [5.74, 6) is -0.0950. The lowest BCUT2D eigenvalue weighted by Gasteiger charge is -2.32. The first-order valence-corrected chi connectivity index (χ1v) is 9.07. The summed E-state index contributed by atoms with van der Waals surface area (Å²) >= 11 is 0. The van der Waals surface area contributed by atoms with Gasteiger partial charge in [0.15, 0.2) is 0 Å². The Morgan fingerprint density at radius 3 is 2.23 bits per heavy atom. The van der Waals surface area contributed by atoms with Gasteiger partial charge in [-0.2, -0.15) is 0 Å². The maximum absolute atomic E-state index is 12.2. The molecule has 0 saturated carbocycles. The molecule has 1 N–H and O–H groups in total. The molecule has 7 heteroatoms. The fourth-order valence-corrected chi connectivity index (χ4v) is 2.49. The van der Waals surface area contributed by atoms with Crippen LogP contribution >= 0.6 is 0 Å². The van der Waals surface area contributed by atoms with Gasteiger partial charge in [0.2, 0.25) is 0 Å². The standard InChI is InChI=1S/C19H30BNO5/c1-18(2)19(3,4)26-20(25-18)16-9-7-15(8-10-16)17(22)21-11-6-12-24-14-13-23-5/h7-10H,6,11-14H2,1-5H3,(H,21,22). The zero-order valence-electron chi connectivity index (χ0n) is 16.5. The first-order chi connectivity index (χ1) is 12.3. The van der Waals surface area contributed by atoms with Crippen molar-refractivity contribution in [3.05, 3.63) is 29.8 Å². The summed E-state index contributed by atoms with van der Waals surface area (Å²) in [5.41, 5.74) is 0.773. The van der Waals surface area contributed by atoms with E-state index in [-0.39, 0.29) is 17.1 Å². The molecule has 1 aliphatic rings. The number of amides is 1. The Bertz CT molecular complexity index is 572. The maximum Gasteiger partial charge on any atom is 0.494 e. The Kier molecular flexibility index (Phi) is 7.23. The van der Waals surface area contributed by atoms with Crippen molar-refractivity contribution in [3.63, 3.8) is 0 Å². The summed E-state index contributed by atoms with van der Waals surface area (Å²) in [5, 5.41) is 2.89. The molecule has 1 aromatic rings. The molecule has 0 radical (unpaired) electrons. The summed E-state index contributed by atoms with van der Waals surface area (Å²) < 4.78 is 22.3. The number of benzene rings is 1. The molecule has 1 fully saturated rings. The van der Waals surface area contributed by atoms with Crippen LogP contribution in [0.15, 0.2) is 24.3 Å². The van der Waals surface area contributed by atoms with E-state index in [1.165, 1.54) is 0 Å². The Balaban J connectivity index is 1.79. The normalized spacial score (nSPS) is 18.1. The molecule has 0 aromatic heterocycles. The molecule has 144 valence electrons. The molecule has 0 spiro atoms. The first kappa shape index (κ1) is 20.9. The predicted octanol–water partition coefficient (Wildman–Crippen LogP) is 1.77. The second kappa shape index (κ2) is 8.99. The first-order valence-electron chi connectivity index (χ1n) is 9.07. The lowest BCUT2D eigenvalue weighted by molar-refractivity contribution is 0.00578. The third kappa shape index (κ3) is 5.30. The smallest absolute Gasteiger partial charge is 0.399 e. The van der Waals surface area contributed by atoms with Gasteiger partial charge in [0.1, 0.15) is 0 Å². The van der Waals surface area contributed by atoms with Crippen LogP contribution in [-0.2, 0) is 18.8 Å². The second-order valence-corrected chi connectivity index (χ2v) is 7.42. The topological polar surface area (TPSA) is 66.0 Å². The van der Waals surface area contributed by atoms with Crippen LogP contribution in [0.2, 0.25) is 0 Å². The second-order valence-electron chi connectivity index (χ2n) is 7.42. The highest BCUT2D eigenvalue weighted by Crippen LogP contribution is 2.36. The number of carbonyl (C=O) groups is 1. The van der Waals surface area contributed by atoms with E-state index in [0.717, 1.165) is 11.9 Å². The number of hydrogen-bond donors (Lipinski definition) is 1. The van der Waals surface area contributed by atoms with Gasteiger partial charge in [-0.25, -0.2) is 0 Å². The summed E-state index contributed by atoms with van der Waals surface area (Å²) in [4.78, 5) is 12.2. The number of methoxy groups -OCH3 is 1. The minimum atomic E-state index is -0.415. The van der Waals surface area contributed by atoms with Crippen molar-refractivity contribution in [2.75, 3.05) is 33.5 Å². The Morgan fingerprint density at radius 2 is 1.65 bits per heavy atom. The molecule has 1 heterocycles. The largest absolute Gasteiger partial charge is 0.494 e. The molecule has 0 bridgehead atoms. The quantitative estimate of drug-likeness (QED) is 0.535. The van der Waals surface area contributed by atoms with Gasteiger partial charge < -0.3 is 24.1 Å². The van der Waals surface area contributed by atoms with Crippen molar-refractivity contribution >= 4 is 18.5 Å². The Morgan fingerprint density at radius 1 is 1.04 bits per heavy atom. The van der Waals surface area contributed by atoms with Crippen molar-refractivity contribution in [2.45, 2.75) is 45.3 Å². The van der Waals surface area contributed by atoms with E-state index in [4.69, 9.17) is 18.8 Å². The molecular formula is C19H30BNO5. The Labute approximate surface area is 156 Å². The van der Waals surface area contributed by atoms with Gasteiger partial charge in [-0.1, -0.05) is 12.1 Å². The highest BCUT2D eigenvalue weighted by Gasteiger charge is 2.51. The van der Waals surface area contributed by atoms with Crippen LogP contribution < -0.4 is 10.8 Å². The third-order valence-corrected chi connectivity index (χ3v) is 4.88. The van der Waals surface area contributed by atoms with Crippen molar-refractivity contribution in [3.8, 4) is 0 Å². The van der Waals surface area contributed by atoms with Crippen molar-refractivity contribution in [1.82, 2.24) is 5.32 Å². The molecule has 1 amide bonds. The number of ether oxygens (including phenoxy) is 2. The van der Waals surface area contributed by atoms with Crippen LogP contribution in [0.5, 0.6) is 0 Å². The fourth-order valence-electron chi connectivity index (χ4n) is 2.49. The van der Waals surface area contributed by atoms with E-state index in [9.17, 15) is 4.79 Å². The molecule has 6 nitrogen and oxygen atoms in total. The van der Waals surface area contributed by atoms with Crippen LogP contribution in [0.3, 0.4) is 0 Å². The Hall–Kier alpha value is -1.41. The van der Waals surface area contributed by atoms with Gasteiger partial charge in [0.25, 0.3) is 5.91 Å². The average Bonchev–Trinajstić information content (AvgIpc) is 2.82. The molecule has 26 heavy (non-hydrogen) atoms. The minimum absolute atomic E-state index is 0.0950. The van der Waals surface area contributed by atoms with Gasteiger partial charge >= 0.3 is 7.12 Å². The van der Waals surface area contributed by atoms with E-state index in [1.54, 1.807) is 19.2 Å². The molecule has 1 saturated heterocycles. The summed E-state index contributed by atoms with van der Waals surface area (Å²) in [6, 6.07) is 7.35. The van der Waals surface area contributed by atoms with Crippen molar-refractivity contribution in [2.24, 2.45) is 0 Å². The van der Waals surface area contributed by atoms with Crippen LogP contribution in [0.4, 0.5) is 0 Å². The van der Waals surface area contributed by atoms with E-state index in [0.29, 0.717) is 31.9 Å². The van der Waals surface area contributed by atoms with E-state index in [2.05, 4.69) is 5.32 Å². The highest BCUT2D eigenvalue weighted by molar-refractivity contribution is 6.62. The van der Waals surface area contributed by atoms with Gasteiger partial charge in [-0.05, 0) is 51.7 Å². The summed E-state index contributed by atoms with van der Waals surface area (Å²) in [6.07, 6.45) is 0.765. The lowest BCUT2D eigenvalue weighted by Crippen LogP contribution is -2.41. The van der Waals surface area contributed by atoms with Crippen LogP contribution in [0.1, 0.15) is 44.5 Å². The third-order valence-electron chi connectivity index (χ3n) is 4.88. The van der Waals surface area contributed by atoms with Gasteiger partial charge in [-0.15, -0.1) is 0 Å². The monoisotopic (exact) mass is 363 g/mol. The molecule has 0 atom stereocenters. The summed E-state index contributed by atoms with van der Waals surface area (Å²) in [7, 11) is 1.23. The van der Waals surface area contributed by atoms with Crippen LogP contribution in [0, 0.1) is 0 Å².